The predicted octanol–water partition coefficient (Wildman–Crippen LogP) is 2.13. The van der Waals surface area contributed by atoms with E-state index in [4.69, 9.17) is 16.3 Å². The number of fused-ring (bicyclic) bond motifs is 1. The van der Waals surface area contributed by atoms with E-state index in [9.17, 15) is 9.82 Å². The van der Waals surface area contributed by atoms with Crippen LogP contribution in [0.25, 0.3) is 5.69 Å². The minimum Gasteiger partial charge on any atom is -0.423 e. The van der Waals surface area contributed by atoms with Crippen molar-refractivity contribution in [3.8, 4) is 5.69 Å². The Morgan fingerprint density at radius 3 is 2.67 bits per heavy atom. The number of halogens is 1. The lowest BCUT2D eigenvalue weighted by atomic mass is 9.78. The summed E-state index contributed by atoms with van der Waals surface area (Å²) in [6.07, 6.45) is 3.09. The van der Waals surface area contributed by atoms with Crippen molar-refractivity contribution in [3.63, 3.8) is 0 Å². The zero-order chi connectivity index (χ0) is 19.2. The molecule has 27 heavy (non-hydrogen) atoms. The smallest absolute Gasteiger partial charge is 0.423 e. The zero-order valence-corrected chi connectivity index (χ0v) is 15.4. The first-order valence-electron chi connectivity index (χ1n) is 8.31. The van der Waals surface area contributed by atoms with Crippen molar-refractivity contribution in [2.45, 2.75) is 19.4 Å². The highest BCUT2D eigenvalue weighted by atomic mass is 35.5. The predicted molar refractivity (Wildman–Crippen MR) is 102 cm³/mol. The van der Waals surface area contributed by atoms with Crippen LogP contribution >= 0.6 is 11.6 Å². The van der Waals surface area contributed by atoms with E-state index in [0.717, 1.165) is 11.3 Å². The highest BCUT2D eigenvalue weighted by molar-refractivity contribution is 6.62. The Bertz CT molecular complexity index is 1020. The van der Waals surface area contributed by atoms with E-state index >= 15 is 0 Å². The van der Waals surface area contributed by atoms with Crippen LogP contribution in [0.15, 0.2) is 49.1 Å². The van der Waals surface area contributed by atoms with Gasteiger partial charge in [0.25, 0.3) is 5.91 Å². The Kier molecular flexibility index (Phi) is 4.26. The molecule has 1 aliphatic rings. The van der Waals surface area contributed by atoms with Crippen LogP contribution in [0.5, 0.6) is 0 Å². The Morgan fingerprint density at radius 2 is 1.96 bits per heavy atom. The van der Waals surface area contributed by atoms with Gasteiger partial charge < -0.3 is 15.0 Å². The number of hydrogen-bond donors (Lipinski definition) is 2. The Labute approximate surface area is 161 Å². The molecule has 136 valence electrons. The fourth-order valence-corrected chi connectivity index (χ4v) is 3.44. The molecule has 0 spiro atoms. The molecule has 0 atom stereocenters. The standard InChI is InChI=1S/C18H16BClN4O3/c1-18(2)14-6-3-11(7-15(14)19(26)27-18)23-17(25)13-5-4-12(8-16(13)20)24-9-21-22-10-24/h3-10,26H,1-2H3,(H,23,25). The molecular weight excluding hydrogens is 366 g/mol. The Balaban J connectivity index is 1.57. The molecule has 0 bridgehead atoms. The minimum absolute atomic E-state index is 0.310. The fraction of sp³-hybridized carbons (Fsp3) is 0.167. The van der Waals surface area contributed by atoms with Gasteiger partial charge in [0.2, 0.25) is 0 Å². The average Bonchev–Trinajstić information content (AvgIpc) is 3.22. The van der Waals surface area contributed by atoms with E-state index in [1.165, 1.54) is 0 Å². The highest BCUT2D eigenvalue weighted by Crippen LogP contribution is 2.31. The zero-order valence-electron chi connectivity index (χ0n) is 14.7. The van der Waals surface area contributed by atoms with Crippen molar-refractivity contribution in [3.05, 3.63) is 65.2 Å². The van der Waals surface area contributed by atoms with E-state index in [0.29, 0.717) is 21.7 Å². The van der Waals surface area contributed by atoms with Crippen molar-refractivity contribution >= 4 is 35.8 Å². The SMILES string of the molecule is CC1(C)OB(O)c2cc(NC(=O)c3ccc(-n4cnnc4)cc3Cl)ccc21. The number of nitrogens with one attached hydrogen (secondary N) is 1. The molecule has 9 heteroatoms. The van der Waals surface area contributed by atoms with Gasteiger partial charge >= 0.3 is 7.12 Å². The van der Waals surface area contributed by atoms with Crippen LogP contribution in [0.2, 0.25) is 5.02 Å². The molecule has 2 heterocycles. The summed E-state index contributed by atoms with van der Waals surface area (Å²) >= 11 is 6.29. The summed E-state index contributed by atoms with van der Waals surface area (Å²) in [5.41, 5.74) is 2.61. The maximum absolute atomic E-state index is 12.6. The summed E-state index contributed by atoms with van der Waals surface area (Å²) in [6.45, 7) is 3.77. The summed E-state index contributed by atoms with van der Waals surface area (Å²) in [5.74, 6) is -0.345. The van der Waals surface area contributed by atoms with E-state index in [-0.39, 0.29) is 5.91 Å². The number of carbonyl (C=O) groups is 1. The maximum atomic E-state index is 12.6. The number of aromatic nitrogens is 3. The van der Waals surface area contributed by atoms with Gasteiger partial charge in [0, 0.05) is 11.4 Å². The van der Waals surface area contributed by atoms with E-state index in [1.54, 1.807) is 47.6 Å². The number of anilines is 1. The largest absolute Gasteiger partial charge is 0.492 e. The van der Waals surface area contributed by atoms with Crippen LogP contribution in [-0.2, 0) is 10.3 Å². The number of hydrogen-bond acceptors (Lipinski definition) is 5. The van der Waals surface area contributed by atoms with Crippen molar-refractivity contribution in [1.29, 1.82) is 0 Å². The quantitative estimate of drug-likeness (QED) is 0.677. The molecule has 7 nitrogen and oxygen atoms in total. The average molecular weight is 383 g/mol. The van der Waals surface area contributed by atoms with Gasteiger partial charge in [-0.2, -0.15) is 0 Å². The number of carbonyl (C=O) groups excluding carboxylic acids is 1. The lowest BCUT2D eigenvalue weighted by Gasteiger charge is -2.19. The molecule has 0 saturated carbocycles. The van der Waals surface area contributed by atoms with E-state index < -0.39 is 12.7 Å². The summed E-state index contributed by atoms with van der Waals surface area (Å²) in [6, 6.07) is 10.4. The molecule has 0 saturated heterocycles. The van der Waals surface area contributed by atoms with Crippen LogP contribution in [0.3, 0.4) is 0 Å². The maximum Gasteiger partial charge on any atom is 0.492 e. The summed E-state index contributed by atoms with van der Waals surface area (Å²) < 4.78 is 7.23. The summed E-state index contributed by atoms with van der Waals surface area (Å²) in [4.78, 5) is 12.6. The summed E-state index contributed by atoms with van der Waals surface area (Å²) in [7, 11) is -1.02. The van der Waals surface area contributed by atoms with Crippen LogP contribution in [-0.4, -0.2) is 32.8 Å². The van der Waals surface area contributed by atoms with Gasteiger partial charge in [-0.1, -0.05) is 17.7 Å². The second-order valence-electron chi connectivity index (χ2n) is 6.77. The second-order valence-corrected chi connectivity index (χ2v) is 7.18. The summed E-state index contributed by atoms with van der Waals surface area (Å²) in [5, 5.41) is 20.7. The molecule has 0 unspecified atom stereocenters. The van der Waals surface area contributed by atoms with Crippen molar-refractivity contribution < 1.29 is 14.5 Å². The van der Waals surface area contributed by atoms with Gasteiger partial charge in [0.1, 0.15) is 12.7 Å². The Morgan fingerprint density at radius 1 is 1.22 bits per heavy atom. The van der Waals surface area contributed by atoms with Gasteiger partial charge in [0.15, 0.2) is 0 Å². The first-order valence-corrected chi connectivity index (χ1v) is 8.69. The molecule has 2 N–H and O–H groups in total. The molecule has 1 aromatic heterocycles. The number of benzene rings is 2. The molecule has 0 fully saturated rings. The normalized spacial score (nSPS) is 14.9. The molecule has 1 aliphatic heterocycles. The third-order valence-electron chi connectivity index (χ3n) is 4.54. The molecule has 1 amide bonds. The topological polar surface area (TPSA) is 89.3 Å². The lowest BCUT2D eigenvalue weighted by Crippen LogP contribution is -2.29. The van der Waals surface area contributed by atoms with Gasteiger partial charge in [-0.05, 0) is 55.2 Å². The van der Waals surface area contributed by atoms with Gasteiger partial charge in [-0.25, -0.2) is 0 Å². The monoisotopic (exact) mass is 382 g/mol. The van der Waals surface area contributed by atoms with Crippen LogP contribution in [0.4, 0.5) is 5.69 Å². The molecular formula is C18H16BClN4O3. The molecule has 3 aromatic rings. The first kappa shape index (κ1) is 17.7. The van der Waals surface area contributed by atoms with Gasteiger partial charge in [-0.15, -0.1) is 10.2 Å². The molecule has 0 aliphatic carbocycles. The van der Waals surface area contributed by atoms with Gasteiger partial charge in [-0.3, -0.25) is 9.36 Å². The third-order valence-corrected chi connectivity index (χ3v) is 4.86. The highest BCUT2D eigenvalue weighted by Gasteiger charge is 2.40. The first-order chi connectivity index (χ1) is 12.8. The van der Waals surface area contributed by atoms with E-state index in [2.05, 4.69) is 15.5 Å². The molecule has 4 rings (SSSR count). The molecule has 0 radical (unpaired) electrons. The second kappa shape index (κ2) is 6.49. The van der Waals surface area contributed by atoms with Crippen molar-refractivity contribution in [1.82, 2.24) is 14.8 Å². The third kappa shape index (κ3) is 3.23. The minimum atomic E-state index is -1.02. The van der Waals surface area contributed by atoms with Crippen LogP contribution < -0.4 is 10.8 Å². The van der Waals surface area contributed by atoms with Crippen LogP contribution in [0, 0.1) is 0 Å². The van der Waals surface area contributed by atoms with Crippen molar-refractivity contribution in [2.75, 3.05) is 5.32 Å². The number of rotatable bonds is 3. The number of nitrogens with zero attached hydrogens (tertiary/aromatic N) is 3. The number of amides is 1. The van der Waals surface area contributed by atoms with Crippen LogP contribution in [0.1, 0.15) is 29.8 Å². The lowest BCUT2D eigenvalue weighted by molar-refractivity contribution is 0.101. The Hall–Kier alpha value is -2.68. The fourth-order valence-electron chi connectivity index (χ4n) is 3.18. The molecule has 2 aromatic carbocycles. The van der Waals surface area contributed by atoms with E-state index in [1.807, 2.05) is 19.9 Å². The van der Waals surface area contributed by atoms with Crippen molar-refractivity contribution in [2.24, 2.45) is 0 Å². The van der Waals surface area contributed by atoms with Gasteiger partial charge in [0.05, 0.1) is 16.2 Å².